The van der Waals surface area contributed by atoms with Crippen LogP contribution in [0.3, 0.4) is 0 Å². The van der Waals surface area contributed by atoms with Gasteiger partial charge in [0.15, 0.2) is 0 Å². The minimum absolute atomic E-state index is 0.594. The van der Waals surface area contributed by atoms with Crippen molar-refractivity contribution in [3.8, 4) is 5.75 Å². The number of fused-ring (bicyclic) bond motifs is 1. The van der Waals surface area contributed by atoms with E-state index in [1.165, 1.54) is 0 Å². The Hall–Kier alpha value is -1.40. The fourth-order valence-electron chi connectivity index (χ4n) is 0.949. The predicted molar refractivity (Wildman–Crippen MR) is 57.6 cm³/mol. The summed E-state index contributed by atoms with van der Waals surface area (Å²) in [6.45, 7) is 0.594. The third-order valence-electron chi connectivity index (χ3n) is 1.41. The maximum absolute atomic E-state index is 9.19. The summed E-state index contributed by atoms with van der Waals surface area (Å²) in [5, 5.41) is 0. The number of aliphatic imine (C=N–C) groups is 1. The number of hydrogen-bond acceptors (Lipinski definition) is 4. The summed E-state index contributed by atoms with van der Waals surface area (Å²) in [4.78, 5) is 4.14. The molecule has 6 heteroatoms. The number of hydrogen-bond donors (Lipinski definition) is 1. The van der Waals surface area contributed by atoms with Crippen LogP contribution >= 0.6 is 0 Å². The Morgan fingerprint density at radius 3 is 2.60 bits per heavy atom. The summed E-state index contributed by atoms with van der Waals surface area (Å²) < 4.78 is 31.1. The van der Waals surface area contributed by atoms with E-state index in [1.807, 2.05) is 24.3 Å². The molecule has 2 rings (SSSR count). The fourth-order valence-corrected chi connectivity index (χ4v) is 0.949. The summed E-state index contributed by atoms with van der Waals surface area (Å²) in [5.41, 5.74) is 0.925. The molecule has 1 N–H and O–H groups in total. The molecular weight excluding hydrogens is 218 g/mol. The maximum atomic E-state index is 9.19. The molecule has 0 bridgehead atoms. The van der Waals surface area contributed by atoms with Gasteiger partial charge < -0.3 is 4.74 Å². The van der Waals surface area contributed by atoms with Gasteiger partial charge in [-0.2, -0.15) is 8.42 Å². The number of para-hydroxylation sites is 2. The summed E-state index contributed by atoms with van der Waals surface area (Å²) in [6.07, 6.45) is 2.48. The average Bonchev–Trinajstić information content (AvgIpc) is 2.16. The van der Waals surface area contributed by atoms with Gasteiger partial charge in [-0.25, -0.2) is 0 Å². The fraction of sp³-hybridized carbons (Fsp3) is 0.222. The van der Waals surface area contributed by atoms with Gasteiger partial charge in [0, 0.05) is 6.21 Å². The Kier molecular flexibility index (Phi) is 3.81. The Bertz CT molecular complexity index is 445. The van der Waals surface area contributed by atoms with E-state index >= 15 is 0 Å². The van der Waals surface area contributed by atoms with Gasteiger partial charge in [0.05, 0.1) is 6.26 Å². The van der Waals surface area contributed by atoms with Crippen LogP contribution in [0.1, 0.15) is 0 Å². The number of nitrogens with zero attached hydrogens (tertiary/aromatic N) is 1. The lowest BCUT2D eigenvalue weighted by molar-refractivity contribution is 0.377. The molecule has 82 valence electrons. The van der Waals surface area contributed by atoms with Gasteiger partial charge in [-0.1, -0.05) is 12.1 Å². The van der Waals surface area contributed by atoms with E-state index in [9.17, 15) is 8.42 Å². The molecule has 15 heavy (non-hydrogen) atoms. The van der Waals surface area contributed by atoms with E-state index in [1.54, 1.807) is 6.21 Å². The lowest BCUT2D eigenvalue weighted by atomic mass is 10.3. The molecule has 0 atom stereocenters. The molecule has 0 unspecified atom stereocenters. The molecule has 0 spiro atoms. The Morgan fingerprint density at radius 2 is 2.00 bits per heavy atom. The van der Waals surface area contributed by atoms with Crippen molar-refractivity contribution in [2.45, 2.75) is 0 Å². The first-order valence-electron chi connectivity index (χ1n) is 4.13. The summed E-state index contributed by atoms with van der Waals surface area (Å²) in [7, 11) is -3.67. The molecule has 1 aromatic rings. The zero-order valence-corrected chi connectivity index (χ0v) is 8.94. The smallest absolute Gasteiger partial charge is 0.261 e. The highest BCUT2D eigenvalue weighted by atomic mass is 32.2. The van der Waals surface area contributed by atoms with E-state index in [2.05, 4.69) is 4.99 Å². The molecule has 1 heterocycles. The first kappa shape index (κ1) is 11.7. The van der Waals surface area contributed by atoms with Crippen LogP contribution in [0, 0.1) is 0 Å². The summed E-state index contributed by atoms with van der Waals surface area (Å²) in [5.74, 6) is 0.880. The van der Waals surface area contributed by atoms with Crippen molar-refractivity contribution in [1.29, 1.82) is 0 Å². The van der Waals surface area contributed by atoms with E-state index < -0.39 is 10.1 Å². The van der Waals surface area contributed by atoms with Crippen molar-refractivity contribution in [3.05, 3.63) is 24.3 Å². The molecule has 0 aromatic heterocycles. The van der Waals surface area contributed by atoms with Gasteiger partial charge in [0.25, 0.3) is 10.1 Å². The summed E-state index contributed by atoms with van der Waals surface area (Å²) >= 11 is 0. The monoisotopic (exact) mass is 229 g/mol. The summed E-state index contributed by atoms with van der Waals surface area (Å²) in [6, 6.07) is 7.75. The largest absolute Gasteiger partial charge is 0.486 e. The molecular formula is C9H11NO4S. The van der Waals surface area contributed by atoms with Crippen LogP contribution in [0.25, 0.3) is 0 Å². The Balaban J connectivity index is 0.000000195. The van der Waals surface area contributed by atoms with Crippen LogP contribution in [0.4, 0.5) is 5.69 Å². The van der Waals surface area contributed by atoms with Crippen LogP contribution in [0.5, 0.6) is 5.75 Å². The third-order valence-corrected chi connectivity index (χ3v) is 1.41. The van der Waals surface area contributed by atoms with E-state index in [-0.39, 0.29) is 0 Å². The van der Waals surface area contributed by atoms with E-state index in [0.29, 0.717) is 12.9 Å². The molecule has 1 aliphatic heterocycles. The number of benzene rings is 1. The van der Waals surface area contributed by atoms with Gasteiger partial charge in [0.2, 0.25) is 0 Å². The predicted octanol–water partition coefficient (Wildman–Crippen LogP) is 1.29. The lowest BCUT2D eigenvalue weighted by Gasteiger charge is -2.09. The first-order valence-corrected chi connectivity index (χ1v) is 5.98. The molecule has 1 aromatic carbocycles. The Labute approximate surface area is 88.2 Å². The minimum Gasteiger partial charge on any atom is -0.486 e. The van der Waals surface area contributed by atoms with Crippen molar-refractivity contribution >= 4 is 22.0 Å². The quantitative estimate of drug-likeness (QED) is 0.680. The van der Waals surface area contributed by atoms with Crippen LogP contribution in [-0.4, -0.2) is 32.0 Å². The normalized spacial score (nSPS) is 13.2. The SMILES string of the molecule is C1=Nc2ccccc2OC1.CS(=O)(=O)O. The lowest BCUT2D eigenvalue weighted by Crippen LogP contribution is -2.01. The third kappa shape index (κ3) is 5.14. The zero-order chi connectivity index (χ0) is 11.3. The van der Waals surface area contributed by atoms with Crippen LogP contribution < -0.4 is 4.74 Å². The molecule has 0 fully saturated rings. The minimum atomic E-state index is -3.67. The molecule has 0 amide bonds. The molecule has 1 aliphatic rings. The molecule has 0 saturated heterocycles. The second-order valence-corrected chi connectivity index (χ2v) is 4.29. The molecule has 5 nitrogen and oxygen atoms in total. The van der Waals surface area contributed by atoms with Gasteiger partial charge in [-0.3, -0.25) is 9.55 Å². The van der Waals surface area contributed by atoms with E-state index in [0.717, 1.165) is 11.4 Å². The number of ether oxygens (including phenoxy) is 1. The van der Waals surface area contributed by atoms with Crippen molar-refractivity contribution in [1.82, 2.24) is 0 Å². The zero-order valence-electron chi connectivity index (χ0n) is 8.12. The molecule has 0 aliphatic carbocycles. The van der Waals surface area contributed by atoms with Gasteiger partial charge in [-0.05, 0) is 12.1 Å². The standard InChI is InChI=1S/C8H7NO.CH4O3S/c1-2-4-8-7(3-1)9-5-6-10-8;1-5(2,3)4/h1-5H,6H2;1H3,(H,2,3,4). The van der Waals surface area contributed by atoms with E-state index in [4.69, 9.17) is 9.29 Å². The van der Waals surface area contributed by atoms with Gasteiger partial charge in [0.1, 0.15) is 18.0 Å². The molecule has 0 radical (unpaired) electrons. The van der Waals surface area contributed by atoms with Crippen molar-refractivity contribution in [2.75, 3.05) is 12.9 Å². The maximum Gasteiger partial charge on any atom is 0.261 e. The topological polar surface area (TPSA) is 76.0 Å². The van der Waals surface area contributed by atoms with Crippen molar-refractivity contribution < 1.29 is 17.7 Å². The molecule has 0 saturated carbocycles. The van der Waals surface area contributed by atoms with Crippen molar-refractivity contribution in [2.24, 2.45) is 4.99 Å². The highest BCUT2D eigenvalue weighted by Crippen LogP contribution is 2.27. The Morgan fingerprint density at radius 1 is 1.40 bits per heavy atom. The average molecular weight is 229 g/mol. The van der Waals surface area contributed by atoms with Crippen LogP contribution in [0.2, 0.25) is 0 Å². The van der Waals surface area contributed by atoms with Crippen molar-refractivity contribution in [3.63, 3.8) is 0 Å². The van der Waals surface area contributed by atoms with Gasteiger partial charge in [-0.15, -0.1) is 0 Å². The highest BCUT2D eigenvalue weighted by molar-refractivity contribution is 7.85. The van der Waals surface area contributed by atoms with Crippen LogP contribution in [0.15, 0.2) is 29.3 Å². The second kappa shape index (κ2) is 4.90. The number of rotatable bonds is 0. The highest BCUT2D eigenvalue weighted by Gasteiger charge is 2.02. The van der Waals surface area contributed by atoms with Gasteiger partial charge >= 0.3 is 0 Å². The second-order valence-electron chi connectivity index (χ2n) is 2.82. The first-order chi connectivity index (χ1) is 6.97. The van der Waals surface area contributed by atoms with Crippen LogP contribution in [-0.2, 0) is 10.1 Å².